The van der Waals surface area contributed by atoms with Gasteiger partial charge < -0.3 is 15.5 Å². The van der Waals surface area contributed by atoms with Crippen LogP contribution >= 0.6 is 23.2 Å². The molecule has 0 saturated carbocycles. The molecular formula is C16H17Cl2N5O. The van der Waals surface area contributed by atoms with Crippen LogP contribution in [-0.2, 0) is 0 Å². The summed E-state index contributed by atoms with van der Waals surface area (Å²) in [5, 5.41) is 6.67. The van der Waals surface area contributed by atoms with Crippen molar-refractivity contribution in [3.05, 3.63) is 46.8 Å². The van der Waals surface area contributed by atoms with E-state index in [9.17, 15) is 4.79 Å². The van der Waals surface area contributed by atoms with Gasteiger partial charge in [0.15, 0.2) is 0 Å². The summed E-state index contributed by atoms with van der Waals surface area (Å²) in [5.41, 5.74) is 0.489. The first-order valence-electron chi connectivity index (χ1n) is 7.65. The maximum Gasteiger partial charge on any atom is 0.319 e. The highest BCUT2D eigenvalue weighted by molar-refractivity contribution is 6.35. The van der Waals surface area contributed by atoms with Crippen LogP contribution in [0.5, 0.6) is 0 Å². The number of rotatable bonds is 3. The van der Waals surface area contributed by atoms with Gasteiger partial charge in [0.05, 0.1) is 16.9 Å². The minimum absolute atomic E-state index is 0.0266. The van der Waals surface area contributed by atoms with Crippen LogP contribution in [0.15, 0.2) is 36.8 Å². The van der Waals surface area contributed by atoms with Crippen LogP contribution < -0.4 is 15.5 Å². The highest BCUT2D eigenvalue weighted by atomic mass is 35.5. The summed E-state index contributed by atoms with van der Waals surface area (Å²) in [6, 6.07) is 4.67. The molecule has 2 heterocycles. The molecule has 24 heavy (non-hydrogen) atoms. The van der Waals surface area contributed by atoms with Crippen LogP contribution in [0.1, 0.15) is 12.8 Å². The summed E-state index contributed by atoms with van der Waals surface area (Å²) in [7, 11) is 0. The lowest BCUT2D eigenvalue weighted by atomic mass is 10.1. The third-order valence-electron chi connectivity index (χ3n) is 3.81. The van der Waals surface area contributed by atoms with E-state index in [-0.39, 0.29) is 12.1 Å². The summed E-state index contributed by atoms with van der Waals surface area (Å²) in [4.78, 5) is 22.7. The Morgan fingerprint density at radius 2 is 2.17 bits per heavy atom. The van der Waals surface area contributed by atoms with Crippen molar-refractivity contribution in [3.63, 3.8) is 0 Å². The molecule has 1 aromatic carbocycles. The molecule has 2 N–H and O–H groups in total. The quantitative estimate of drug-likeness (QED) is 0.871. The second kappa shape index (κ2) is 7.68. The third kappa shape index (κ3) is 4.27. The maximum atomic E-state index is 12.2. The molecule has 1 aromatic heterocycles. The molecule has 2 aromatic rings. The third-order valence-corrected chi connectivity index (χ3v) is 4.37. The van der Waals surface area contributed by atoms with Gasteiger partial charge in [-0.3, -0.25) is 4.98 Å². The van der Waals surface area contributed by atoms with Crippen molar-refractivity contribution in [1.29, 1.82) is 0 Å². The Morgan fingerprint density at radius 3 is 2.96 bits per heavy atom. The molecule has 6 nitrogen and oxygen atoms in total. The zero-order valence-electron chi connectivity index (χ0n) is 12.9. The number of nitrogens with zero attached hydrogens (tertiary/aromatic N) is 3. The number of aromatic nitrogens is 2. The molecule has 0 radical (unpaired) electrons. The van der Waals surface area contributed by atoms with Crippen molar-refractivity contribution < 1.29 is 4.79 Å². The van der Waals surface area contributed by atoms with E-state index >= 15 is 0 Å². The lowest BCUT2D eigenvalue weighted by Gasteiger charge is -2.33. The Hall–Kier alpha value is -2.05. The number of hydrogen-bond donors (Lipinski definition) is 2. The van der Waals surface area contributed by atoms with Crippen LogP contribution in [-0.4, -0.2) is 35.1 Å². The summed E-state index contributed by atoms with van der Waals surface area (Å²) in [6.45, 7) is 1.59. The molecule has 3 rings (SSSR count). The van der Waals surface area contributed by atoms with Crippen molar-refractivity contribution in [3.8, 4) is 0 Å². The number of nitrogens with one attached hydrogen (secondary N) is 2. The monoisotopic (exact) mass is 365 g/mol. The number of urea groups is 1. The molecular weight excluding hydrogens is 349 g/mol. The Bertz CT molecular complexity index is 713. The smallest absolute Gasteiger partial charge is 0.319 e. The molecule has 1 fully saturated rings. The lowest BCUT2D eigenvalue weighted by Crippen LogP contribution is -2.49. The molecule has 0 spiro atoms. The molecule has 1 saturated heterocycles. The molecule has 2 amide bonds. The van der Waals surface area contributed by atoms with E-state index in [0.717, 1.165) is 25.2 Å². The minimum Gasteiger partial charge on any atom is -0.353 e. The zero-order valence-corrected chi connectivity index (χ0v) is 14.4. The van der Waals surface area contributed by atoms with E-state index in [2.05, 4.69) is 25.5 Å². The molecule has 1 aliphatic heterocycles. The van der Waals surface area contributed by atoms with E-state index < -0.39 is 0 Å². The zero-order chi connectivity index (χ0) is 16.9. The molecule has 8 heteroatoms. The first kappa shape index (κ1) is 16.8. The number of carbonyl (C=O) groups excluding carboxylic acids is 1. The van der Waals surface area contributed by atoms with Gasteiger partial charge in [-0.1, -0.05) is 23.2 Å². The molecule has 126 valence electrons. The number of hydrogen-bond acceptors (Lipinski definition) is 4. The van der Waals surface area contributed by atoms with Crippen molar-refractivity contribution >= 4 is 40.7 Å². The number of piperidine rings is 1. The number of halogens is 2. The Balaban J connectivity index is 1.59. The number of benzene rings is 1. The largest absolute Gasteiger partial charge is 0.353 e. The molecule has 1 atom stereocenters. The minimum atomic E-state index is -0.301. The second-order valence-corrected chi connectivity index (χ2v) is 6.42. The van der Waals surface area contributed by atoms with Gasteiger partial charge in [0.25, 0.3) is 0 Å². The van der Waals surface area contributed by atoms with Gasteiger partial charge in [-0.25, -0.2) is 9.78 Å². The molecule has 0 unspecified atom stereocenters. The van der Waals surface area contributed by atoms with Crippen molar-refractivity contribution in [1.82, 2.24) is 15.3 Å². The average Bonchev–Trinajstić information content (AvgIpc) is 2.59. The normalized spacial score (nSPS) is 17.4. The standard InChI is InChI=1S/C16H17Cl2N5O/c17-11-3-4-13(18)14(8-11)22-16(24)21-12-2-1-7-23(10-12)15-9-19-5-6-20-15/h3-6,8-9,12H,1-2,7,10H2,(H2,21,22,24)/t12-/m0/s1. The first-order valence-corrected chi connectivity index (χ1v) is 8.41. The van der Waals surface area contributed by atoms with Gasteiger partial charge in [0.1, 0.15) is 5.82 Å². The fourth-order valence-corrected chi connectivity index (χ4v) is 3.03. The van der Waals surface area contributed by atoms with Crippen molar-refractivity contribution in [2.24, 2.45) is 0 Å². The van der Waals surface area contributed by atoms with Gasteiger partial charge in [0, 0.05) is 36.5 Å². The Morgan fingerprint density at radius 1 is 1.29 bits per heavy atom. The van der Waals surface area contributed by atoms with Crippen LogP contribution in [0, 0.1) is 0 Å². The highest BCUT2D eigenvalue weighted by Crippen LogP contribution is 2.25. The fraction of sp³-hybridized carbons (Fsp3) is 0.312. The van der Waals surface area contributed by atoms with Gasteiger partial charge in [-0.15, -0.1) is 0 Å². The summed E-state index contributed by atoms with van der Waals surface area (Å²) in [6.07, 6.45) is 6.92. The predicted molar refractivity (Wildman–Crippen MR) is 95.9 cm³/mol. The van der Waals surface area contributed by atoms with Crippen molar-refractivity contribution in [2.75, 3.05) is 23.3 Å². The lowest BCUT2D eigenvalue weighted by molar-refractivity contribution is 0.246. The average molecular weight is 366 g/mol. The Labute approximate surface area is 150 Å². The first-order chi connectivity index (χ1) is 11.6. The summed E-state index contributed by atoms with van der Waals surface area (Å²) >= 11 is 12.0. The molecule has 0 bridgehead atoms. The summed E-state index contributed by atoms with van der Waals surface area (Å²) < 4.78 is 0. The summed E-state index contributed by atoms with van der Waals surface area (Å²) in [5.74, 6) is 0.822. The van der Waals surface area contributed by atoms with Gasteiger partial charge in [-0.05, 0) is 31.0 Å². The van der Waals surface area contributed by atoms with Crippen LogP contribution in [0.3, 0.4) is 0 Å². The van der Waals surface area contributed by atoms with Gasteiger partial charge in [0.2, 0.25) is 0 Å². The van der Waals surface area contributed by atoms with Crippen LogP contribution in [0.25, 0.3) is 0 Å². The predicted octanol–water partition coefficient (Wildman–Crippen LogP) is 3.57. The van der Waals surface area contributed by atoms with E-state index in [1.807, 2.05) is 0 Å². The SMILES string of the molecule is O=C(Nc1cc(Cl)ccc1Cl)N[C@H]1CCCN(c2cnccn2)C1. The van der Waals surface area contributed by atoms with Crippen LogP contribution in [0.4, 0.5) is 16.3 Å². The number of anilines is 2. The highest BCUT2D eigenvalue weighted by Gasteiger charge is 2.22. The topological polar surface area (TPSA) is 70.2 Å². The van der Waals surface area contributed by atoms with E-state index in [1.54, 1.807) is 36.8 Å². The molecule has 0 aliphatic carbocycles. The van der Waals surface area contributed by atoms with E-state index in [1.165, 1.54) is 0 Å². The van der Waals surface area contributed by atoms with E-state index in [4.69, 9.17) is 23.2 Å². The maximum absolute atomic E-state index is 12.2. The van der Waals surface area contributed by atoms with Crippen LogP contribution in [0.2, 0.25) is 10.0 Å². The van der Waals surface area contributed by atoms with Gasteiger partial charge in [-0.2, -0.15) is 0 Å². The number of carbonyl (C=O) groups is 1. The number of amides is 2. The Kier molecular flexibility index (Phi) is 5.37. The fourth-order valence-electron chi connectivity index (χ4n) is 2.69. The van der Waals surface area contributed by atoms with Crippen molar-refractivity contribution in [2.45, 2.75) is 18.9 Å². The van der Waals surface area contributed by atoms with Gasteiger partial charge >= 0.3 is 6.03 Å². The second-order valence-electron chi connectivity index (χ2n) is 5.57. The van der Waals surface area contributed by atoms with E-state index in [0.29, 0.717) is 22.3 Å². The molecule has 1 aliphatic rings.